The molecular formula is C14H26N2O4. The van der Waals surface area contributed by atoms with E-state index in [9.17, 15) is 14.7 Å². The SMILES string of the molecule is CC1C(N)CCC(C(=O)NCC(C)(O)C(=O)O)C1(C)C. The number of carboxylic acids is 1. The molecule has 1 aliphatic rings. The number of carboxylic acid groups (broad SMARTS) is 1. The molecule has 116 valence electrons. The standard InChI is InChI=1S/C14H26N2O4/c1-8-10(15)6-5-9(13(8,2)3)11(17)16-7-14(4,20)12(18)19/h8-10,20H,5-7,15H2,1-4H3,(H,16,17)(H,18,19). The average Bonchev–Trinajstić information content (AvgIpc) is 2.33. The van der Waals surface area contributed by atoms with Crippen molar-refractivity contribution in [3.63, 3.8) is 0 Å². The molecule has 0 spiro atoms. The monoisotopic (exact) mass is 286 g/mol. The van der Waals surface area contributed by atoms with Gasteiger partial charge >= 0.3 is 5.97 Å². The Labute approximate surface area is 119 Å². The maximum atomic E-state index is 12.3. The molecule has 0 aromatic heterocycles. The van der Waals surface area contributed by atoms with Crippen LogP contribution in [0.5, 0.6) is 0 Å². The first-order valence-corrected chi connectivity index (χ1v) is 6.99. The molecule has 1 aliphatic carbocycles. The van der Waals surface area contributed by atoms with E-state index in [0.29, 0.717) is 6.42 Å². The summed E-state index contributed by atoms with van der Waals surface area (Å²) < 4.78 is 0. The van der Waals surface area contributed by atoms with Crippen LogP contribution in [0, 0.1) is 17.3 Å². The molecule has 20 heavy (non-hydrogen) atoms. The van der Waals surface area contributed by atoms with Gasteiger partial charge in [-0.05, 0) is 31.1 Å². The highest BCUT2D eigenvalue weighted by atomic mass is 16.4. The molecule has 0 bridgehead atoms. The zero-order valence-electron chi connectivity index (χ0n) is 12.6. The molecule has 1 fully saturated rings. The minimum absolute atomic E-state index is 0.0798. The van der Waals surface area contributed by atoms with Gasteiger partial charge in [-0.1, -0.05) is 20.8 Å². The molecule has 0 heterocycles. The Morgan fingerprint density at radius 2 is 1.95 bits per heavy atom. The van der Waals surface area contributed by atoms with Crippen LogP contribution >= 0.6 is 0 Å². The second kappa shape index (κ2) is 5.69. The van der Waals surface area contributed by atoms with Gasteiger partial charge in [-0.2, -0.15) is 0 Å². The van der Waals surface area contributed by atoms with Crippen LogP contribution in [0.1, 0.15) is 40.5 Å². The summed E-state index contributed by atoms with van der Waals surface area (Å²) in [6.45, 7) is 6.93. The van der Waals surface area contributed by atoms with Crippen LogP contribution in [0.3, 0.4) is 0 Å². The van der Waals surface area contributed by atoms with Gasteiger partial charge < -0.3 is 21.3 Å². The molecule has 0 aromatic rings. The molecule has 0 aliphatic heterocycles. The van der Waals surface area contributed by atoms with Crippen LogP contribution in [-0.2, 0) is 9.59 Å². The number of nitrogens with one attached hydrogen (secondary N) is 1. The van der Waals surface area contributed by atoms with Gasteiger partial charge in [0.2, 0.25) is 5.91 Å². The number of aliphatic carboxylic acids is 1. The number of rotatable bonds is 4. The largest absolute Gasteiger partial charge is 0.479 e. The number of carbonyl (C=O) groups excluding carboxylic acids is 1. The normalized spacial score (nSPS) is 32.2. The molecule has 4 unspecified atom stereocenters. The van der Waals surface area contributed by atoms with E-state index in [0.717, 1.165) is 6.42 Å². The summed E-state index contributed by atoms with van der Waals surface area (Å²) >= 11 is 0. The Hall–Kier alpha value is -1.14. The summed E-state index contributed by atoms with van der Waals surface area (Å²) in [6, 6.07) is 0.0798. The van der Waals surface area contributed by atoms with Gasteiger partial charge in [-0.25, -0.2) is 4.79 Å². The molecule has 1 amide bonds. The first kappa shape index (κ1) is 16.9. The summed E-state index contributed by atoms with van der Waals surface area (Å²) in [5.41, 5.74) is 3.85. The number of carbonyl (C=O) groups is 2. The number of amides is 1. The van der Waals surface area contributed by atoms with E-state index in [-0.39, 0.29) is 35.7 Å². The molecule has 5 N–H and O–H groups in total. The van der Waals surface area contributed by atoms with Crippen LogP contribution < -0.4 is 11.1 Å². The van der Waals surface area contributed by atoms with E-state index in [1.807, 2.05) is 20.8 Å². The van der Waals surface area contributed by atoms with Crippen molar-refractivity contribution in [3.05, 3.63) is 0 Å². The fraction of sp³-hybridized carbons (Fsp3) is 0.857. The number of aliphatic hydroxyl groups is 1. The Kier molecular flexibility index (Phi) is 4.82. The Balaban J connectivity index is 2.71. The second-order valence-electron chi connectivity index (χ2n) is 6.70. The highest BCUT2D eigenvalue weighted by Gasteiger charge is 2.45. The van der Waals surface area contributed by atoms with Crippen molar-refractivity contribution in [2.24, 2.45) is 23.0 Å². The molecule has 1 rings (SSSR count). The predicted octanol–water partition coefficient (Wildman–Crippen LogP) is 0.338. The minimum Gasteiger partial charge on any atom is -0.479 e. The molecule has 1 saturated carbocycles. The number of hydrogen-bond acceptors (Lipinski definition) is 4. The predicted molar refractivity (Wildman–Crippen MR) is 74.9 cm³/mol. The van der Waals surface area contributed by atoms with E-state index >= 15 is 0 Å². The zero-order chi connectivity index (χ0) is 15.7. The second-order valence-corrected chi connectivity index (χ2v) is 6.70. The fourth-order valence-electron chi connectivity index (χ4n) is 2.78. The van der Waals surface area contributed by atoms with Crippen molar-refractivity contribution in [2.75, 3.05) is 6.54 Å². The molecule has 0 aromatic carbocycles. The summed E-state index contributed by atoms with van der Waals surface area (Å²) in [4.78, 5) is 23.1. The maximum Gasteiger partial charge on any atom is 0.337 e. The lowest BCUT2D eigenvalue weighted by molar-refractivity contribution is -0.156. The van der Waals surface area contributed by atoms with Gasteiger partial charge in [0.05, 0.1) is 6.54 Å². The van der Waals surface area contributed by atoms with Crippen molar-refractivity contribution in [2.45, 2.75) is 52.2 Å². The summed E-state index contributed by atoms with van der Waals surface area (Å²) in [6.07, 6.45) is 1.46. The summed E-state index contributed by atoms with van der Waals surface area (Å²) in [5.74, 6) is -1.58. The molecular weight excluding hydrogens is 260 g/mol. The van der Waals surface area contributed by atoms with Gasteiger partial charge in [0, 0.05) is 12.0 Å². The van der Waals surface area contributed by atoms with Gasteiger partial charge in [-0.15, -0.1) is 0 Å². The third kappa shape index (κ3) is 3.30. The number of nitrogens with two attached hydrogens (primary N) is 1. The maximum absolute atomic E-state index is 12.3. The first-order chi connectivity index (χ1) is 9.00. The quantitative estimate of drug-likeness (QED) is 0.595. The topological polar surface area (TPSA) is 113 Å². The molecule has 6 nitrogen and oxygen atoms in total. The average molecular weight is 286 g/mol. The smallest absolute Gasteiger partial charge is 0.337 e. The summed E-state index contributed by atoms with van der Waals surface area (Å²) in [7, 11) is 0. The van der Waals surface area contributed by atoms with Gasteiger partial charge in [0.15, 0.2) is 5.60 Å². The Bertz CT molecular complexity index is 393. The molecule has 6 heteroatoms. The Morgan fingerprint density at radius 1 is 1.40 bits per heavy atom. The third-order valence-corrected chi connectivity index (χ3v) is 4.89. The van der Waals surface area contributed by atoms with Crippen molar-refractivity contribution >= 4 is 11.9 Å². The highest BCUT2D eigenvalue weighted by Crippen LogP contribution is 2.44. The first-order valence-electron chi connectivity index (χ1n) is 6.99. The van der Waals surface area contributed by atoms with Crippen molar-refractivity contribution in [3.8, 4) is 0 Å². The van der Waals surface area contributed by atoms with E-state index in [1.165, 1.54) is 6.92 Å². The highest BCUT2D eigenvalue weighted by molar-refractivity contribution is 5.82. The van der Waals surface area contributed by atoms with E-state index in [1.54, 1.807) is 0 Å². The van der Waals surface area contributed by atoms with E-state index in [2.05, 4.69) is 5.32 Å². The van der Waals surface area contributed by atoms with Crippen LogP contribution in [0.2, 0.25) is 0 Å². The van der Waals surface area contributed by atoms with Crippen LogP contribution in [0.25, 0.3) is 0 Å². The zero-order valence-corrected chi connectivity index (χ0v) is 12.6. The minimum atomic E-state index is -1.95. The van der Waals surface area contributed by atoms with E-state index < -0.39 is 11.6 Å². The van der Waals surface area contributed by atoms with Crippen LogP contribution in [0.15, 0.2) is 0 Å². The third-order valence-electron chi connectivity index (χ3n) is 4.89. The molecule has 0 radical (unpaired) electrons. The summed E-state index contributed by atoms with van der Waals surface area (Å²) in [5, 5.41) is 21.0. The van der Waals surface area contributed by atoms with Gasteiger partial charge in [0.25, 0.3) is 0 Å². The van der Waals surface area contributed by atoms with Crippen LogP contribution in [0.4, 0.5) is 0 Å². The van der Waals surface area contributed by atoms with Gasteiger partial charge in [0.1, 0.15) is 0 Å². The lowest BCUT2D eigenvalue weighted by Crippen LogP contribution is -2.54. The number of hydrogen-bond donors (Lipinski definition) is 4. The van der Waals surface area contributed by atoms with Crippen molar-refractivity contribution in [1.29, 1.82) is 0 Å². The lowest BCUT2D eigenvalue weighted by atomic mass is 9.61. The van der Waals surface area contributed by atoms with Crippen LogP contribution in [-0.4, -0.2) is 40.3 Å². The Morgan fingerprint density at radius 3 is 2.45 bits per heavy atom. The molecule has 0 saturated heterocycles. The van der Waals surface area contributed by atoms with Gasteiger partial charge in [-0.3, -0.25) is 4.79 Å². The lowest BCUT2D eigenvalue weighted by Gasteiger charge is -2.46. The van der Waals surface area contributed by atoms with Crippen molar-refractivity contribution < 1.29 is 19.8 Å². The van der Waals surface area contributed by atoms with E-state index in [4.69, 9.17) is 10.8 Å². The molecule has 4 atom stereocenters. The fourth-order valence-corrected chi connectivity index (χ4v) is 2.78. The van der Waals surface area contributed by atoms with Crippen molar-refractivity contribution in [1.82, 2.24) is 5.32 Å².